The fourth-order valence-corrected chi connectivity index (χ4v) is 2.69. The van der Waals surface area contributed by atoms with E-state index >= 15 is 0 Å². The summed E-state index contributed by atoms with van der Waals surface area (Å²) in [4.78, 5) is 26.3. The van der Waals surface area contributed by atoms with E-state index in [0.29, 0.717) is 24.4 Å². The quantitative estimate of drug-likeness (QED) is 0.847. The van der Waals surface area contributed by atoms with Gasteiger partial charge in [0.25, 0.3) is 5.91 Å². The predicted molar refractivity (Wildman–Crippen MR) is 80.0 cm³/mol. The minimum atomic E-state index is -0.0910. The molecule has 0 bridgehead atoms. The number of piperidine rings is 1. The number of hydrogen-bond acceptors (Lipinski definition) is 3. The molecule has 0 saturated carbocycles. The number of carbonyl (C=O) groups is 2. The van der Waals surface area contributed by atoms with Gasteiger partial charge in [0.1, 0.15) is 5.76 Å². The molecule has 1 fully saturated rings. The van der Waals surface area contributed by atoms with E-state index in [2.05, 4.69) is 12.2 Å². The van der Waals surface area contributed by atoms with E-state index in [1.54, 1.807) is 17.9 Å². The Balaban J connectivity index is 1.93. The Kier molecular flexibility index (Phi) is 5.42. The van der Waals surface area contributed by atoms with Gasteiger partial charge in [-0.3, -0.25) is 9.59 Å². The van der Waals surface area contributed by atoms with Gasteiger partial charge in [-0.1, -0.05) is 13.3 Å². The Bertz CT molecular complexity index is 495. The van der Waals surface area contributed by atoms with Crippen molar-refractivity contribution in [3.05, 3.63) is 23.7 Å². The van der Waals surface area contributed by atoms with Crippen LogP contribution in [-0.2, 0) is 4.79 Å². The number of amides is 2. The van der Waals surface area contributed by atoms with Crippen LogP contribution in [0.25, 0.3) is 0 Å². The van der Waals surface area contributed by atoms with Gasteiger partial charge in [0, 0.05) is 19.6 Å². The average Bonchev–Trinajstić information content (AvgIpc) is 2.93. The smallest absolute Gasteiger partial charge is 0.257 e. The second-order valence-electron chi connectivity index (χ2n) is 5.63. The number of carbonyl (C=O) groups excluding carboxylic acids is 2. The predicted octanol–water partition coefficient (Wildman–Crippen LogP) is 2.36. The molecule has 0 spiro atoms. The lowest BCUT2D eigenvalue weighted by molar-refractivity contribution is -0.126. The van der Waals surface area contributed by atoms with Crippen molar-refractivity contribution in [2.75, 3.05) is 19.6 Å². The van der Waals surface area contributed by atoms with Crippen molar-refractivity contribution in [1.29, 1.82) is 0 Å². The molecule has 1 unspecified atom stereocenters. The maximum Gasteiger partial charge on any atom is 0.257 e. The van der Waals surface area contributed by atoms with Crippen LogP contribution in [0, 0.1) is 12.8 Å². The third kappa shape index (κ3) is 3.86. The van der Waals surface area contributed by atoms with Crippen molar-refractivity contribution in [1.82, 2.24) is 10.2 Å². The molecule has 2 amide bonds. The van der Waals surface area contributed by atoms with Crippen LogP contribution < -0.4 is 5.32 Å². The lowest BCUT2D eigenvalue weighted by atomic mass is 9.96. The van der Waals surface area contributed by atoms with Gasteiger partial charge in [0.05, 0.1) is 17.7 Å². The number of nitrogens with zero attached hydrogens (tertiary/aromatic N) is 1. The number of unbranched alkanes of at least 4 members (excludes halogenated alkanes) is 1. The van der Waals surface area contributed by atoms with E-state index in [-0.39, 0.29) is 17.7 Å². The summed E-state index contributed by atoms with van der Waals surface area (Å²) in [5.41, 5.74) is 0.599. The fraction of sp³-hybridized carbons (Fsp3) is 0.625. The zero-order chi connectivity index (χ0) is 15.2. The number of rotatable bonds is 5. The van der Waals surface area contributed by atoms with Crippen LogP contribution in [0.5, 0.6) is 0 Å². The number of aryl methyl sites for hydroxylation is 1. The van der Waals surface area contributed by atoms with Gasteiger partial charge < -0.3 is 14.6 Å². The van der Waals surface area contributed by atoms with Crippen molar-refractivity contribution in [2.24, 2.45) is 5.92 Å². The third-order valence-electron chi connectivity index (χ3n) is 4.00. The van der Waals surface area contributed by atoms with Gasteiger partial charge in [-0.25, -0.2) is 0 Å². The highest BCUT2D eigenvalue weighted by Crippen LogP contribution is 2.20. The van der Waals surface area contributed by atoms with Crippen LogP contribution >= 0.6 is 0 Å². The molecule has 0 aliphatic carbocycles. The average molecular weight is 292 g/mol. The number of likely N-dealkylation sites (tertiary alicyclic amines) is 1. The van der Waals surface area contributed by atoms with Crippen molar-refractivity contribution in [3.63, 3.8) is 0 Å². The molecule has 1 N–H and O–H groups in total. The minimum Gasteiger partial charge on any atom is -0.469 e. The molecule has 1 aromatic heterocycles. The summed E-state index contributed by atoms with van der Waals surface area (Å²) in [5.74, 6) is 0.582. The van der Waals surface area contributed by atoms with E-state index in [4.69, 9.17) is 4.42 Å². The molecule has 21 heavy (non-hydrogen) atoms. The molecule has 2 heterocycles. The molecular formula is C16H24N2O3. The fourth-order valence-electron chi connectivity index (χ4n) is 2.69. The number of furan rings is 1. The van der Waals surface area contributed by atoms with E-state index < -0.39 is 0 Å². The summed E-state index contributed by atoms with van der Waals surface area (Å²) < 4.78 is 5.19. The van der Waals surface area contributed by atoms with Crippen LogP contribution in [0.1, 0.15) is 48.7 Å². The summed E-state index contributed by atoms with van der Waals surface area (Å²) >= 11 is 0. The van der Waals surface area contributed by atoms with Crippen molar-refractivity contribution >= 4 is 11.8 Å². The second-order valence-corrected chi connectivity index (χ2v) is 5.63. The Morgan fingerprint density at radius 1 is 1.48 bits per heavy atom. The maximum atomic E-state index is 12.4. The van der Waals surface area contributed by atoms with Gasteiger partial charge in [0.15, 0.2) is 0 Å². The first kappa shape index (κ1) is 15.6. The SMILES string of the molecule is CCCCNC(=O)C1CCCN(C(=O)c2ccoc2C)C1. The first-order valence-corrected chi connectivity index (χ1v) is 7.74. The van der Waals surface area contributed by atoms with E-state index in [1.165, 1.54) is 6.26 Å². The molecule has 2 rings (SSSR count). The van der Waals surface area contributed by atoms with Crippen LogP contribution in [-0.4, -0.2) is 36.3 Å². The normalized spacial score (nSPS) is 18.6. The lowest BCUT2D eigenvalue weighted by Gasteiger charge is -2.32. The third-order valence-corrected chi connectivity index (χ3v) is 4.00. The Labute approximate surface area is 125 Å². The van der Waals surface area contributed by atoms with Gasteiger partial charge in [-0.15, -0.1) is 0 Å². The molecular weight excluding hydrogens is 268 g/mol. The highest BCUT2D eigenvalue weighted by atomic mass is 16.3. The van der Waals surface area contributed by atoms with E-state index in [1.807, 2.05) is 0 Å². The molecule has 1 aromatic rings. The summed E-state index contributed by atoms with van der Waals surface area (Å²) in [6.07, 6.45) is 5.31. The van der Waals surface area contributed by atoms with Crippen LogP contribution in [0.3, 0.4) is 0 Å². The van der Waals surface area contributed by atoms with Crippen molar-refractivity contribution in [2.45, 2.75) is 39.5 Å². The van der Waals surface area contributed by atoms with Crippen LogP contribution in [0.4, 0.5) is 0 Å². The van der Waals surface area contributed by atoms with Gasteiger partial charge in [-0.2, -0.15) is 0 Å². The Morgan fingerprint density at radius 3 is 2.95 bits per heavy atom. The highest BCUT2D eigenvalue weighted by Gasteiger charge is 2.29. The molecule has 116 valence electrons. The number of hydrogen-bond donors (Lipinski definition) is 1. The van der Waals surface area contributed by atoms with Crippen LogP contribution in [0.15, 0.2) is 16.7 Å². The second kappa shape index (κ2) is 7.29. The zero-order valence-electron chi connectivity index (χ0n) is 12.9. The molecule has 1 saturated heterocycles. The summed E-state index contributed by atoms with van der Waals surface area (Å²) in [5, 5.41) is 2.96. The van der Waals surface area contributed by atoms with Gasteiger partial charge >= 0.3 is 0 Å². The zero-order valence-corrected chi connectivity index (χ0v) is 12.9. The highest BCUT2D eigenvalue weighted by molar-refractivity contribution is 5.95. The molecule has 1 aliphatic rings. The Morgan fingerprint density at radius 2 is 2.29 bits per heavy atom. The standard InChI is InChI=1S/C16H24N2O3/c1-3-4-8-17-15(19)13-6-5-9-18(11-13)16(20)14-7-10-21-12(14)2/h7,10,13H,3-6,8-9,11H2,1-2H3,(H,17,19). The molecule has 0 radical (unpaired) electrons. The molecule has 5 heteroatoms. The molecule has 5 nitrogen and oxygen atoms in total. The van der Waals surface area contributed by atoms with Crippen molar-refractivity contribution in [3.8, 4) is 0 Å². The summed E-state index contributed by atoms with van der Waals surface area (Å²) in [6.45, 7) is 5.82. The first-order valence-electron chi connectivity index (χ1n) is 7.74. The summed E-state index contributed by atoms with van der Waals surface area (Å²) in [6, 6.07) is 1.70. The summed E-state index contributed by atoms with van der Waals surface area (Å²) in [7, 11) is 0. The van der Waals surface area contributed by atoms with Crippen LogP contribution in [0.2, 0.25) is 0 Å². The van der Waals surface area contributed by atoms with Gasteiger partial charge in [0.2, 0.25) is 5.91 Å². The number of nitrogens with one attached hydrogen (secondary N) is 1. The van der Waals surface area contributed by atoms with E-state index in [0.717, 1.165) is 32.2 Å². The molecule has 1 aliphatic heterocycles. The van der Waals surface area contributed by atoms with Crippen molar-refractivity contribution < 1.29 is 14.0 Å². The molecule has 1 atom stereocenters. The topological polar surface area (TPSA) is 62.6 Å². The largest absolute Gasteiger partial charge is 0.469 e. The first-order chi connectivity index (χ1) is 10.1. The Hall–Kier alpha value is -1.78. The van der Waals surface area contributed by atoms with E-state index in [9.17, 15) is 9.59 Å². The van der Waals surface area contributed by atoms with Gasteiger partial charge in [-0.05, 0) is 32.3 Å². The monoisotopic (exact) mass is 292 g/mol. The molecule has 0 aromatic carbocycles. The minimum absolute atomic E-state index is 0.0349. The lowest BCUT2D eigenvalue weighted by Crippen LogP contribution is -2.45. The maximum absolute atomic E-state index is 12.4.